The van der Waals surface area contributed by atoms with Crippen LogP contribution in [0.5, 0.6) is 0 Å². The molecule has 168 valence electrons. The van der Waals surface area contributed by atoms with Crippen molar-refractivity contribution in [2.45, 2.75) is 19.8 Å². The summed E-state index contributed by atoms with van der Waals surface area (Å²) in [6, 6.07) is 12.4. The Morgan fingerprint density at radius 2 is 1.58 bits per heavy atom. The number of nitrogens with one attached hydrogen (secondary N) is 1. The summed E-state index contributed by atoms with van der Waals surface area (Å²) in [7, 11) is 0. The SMILES string of the molecule is CC(=O)c1cccc(NC(=O)COC(=O)c2ccc(N3C(=O)[C@@H]4CC=CC[C@H]4C3=O)cc2)c1. The minimum Gasteiger partial charge on any atom is -0.452 e. The van der Waals surface area contributed by atoms with Crippen molar-refractivity contribution in [2.24, 2.45) is 11.8 Å². The fraction of sp³-hybridized carbons (Fsp3) is 0.240. The third-order valence-electron chi connectivity index (χ3n) is 5.76. The van der Waals surface area contributed by atoms with E-state index in [1.54, 1.807) is 18.2 Å². The lowest BCUT2D eigenvalue weighted by molar-refractivity contribution is -0.122. The number of rotatable bonds is 6. The number of carbonyl (C=O) groups excluding carboxylic acids is 5. The maximum absolute atomic E-state index is 12.7. The number of benzene rings is 2. The number of esters is 1. The van der Waals surface area contributed by atoms with Gasteiger partial charge in [0, 0.05) is 11.3 Å². The zero-order valence-electron chi connectivity index (χ0n) is 17.9. The van der Waals surface area contributed by atoms with E-state index in [4.69, 9.17) is 4.74 Å². The quantitative estimate of drug-likeness (QED) is 0.316. The molecule has 1 saturated heterocycles. The minimum absolute atomic E-state index is 0.131. The molecule has 2 aromatic rings. The van der Waals surface area contributed by atoms with Gasteiger partial charge >= 0.3 is 5.97 Å². The van der Waals surface area contributed by atoms with Crippen molar-refractivity contribution in [1.29, 1.82) is 0 Å². The Bertz CT molecular complexity index is 1140. The van der Waals surface area contributed by atoms with Crippen molar-refractivity contribution >= 4 is 40.8 Å². The van der Waals surface area contributed by atoms with Gasteiger partial charge in [0.1, 0.15) is 0 Å². The molecule has 0 unspecified atom stereocenters. The molecule has 8 heteroatoms. The second-order valence-corrected chi connectivity index (χ2v) is 7.98. The molecular formula is C25H22N2O6. The second-order valence-electron chi connectivity index (χ2n) is 7.98. The Morgan fingerprint density at radius 3 is 2.18 bits per heavy atom. The Morgan fingerprint density at radius 1 is 0.939 bits per heavy atom. The first-order valence-corrected chi connectivity index (χ1v) is 10.6. The predicted molar refractivity (Wildman–Crippen MR) is 120 cm³/mol. The molecule has 0 spiro atoms. The molecule has 4 rings (SSSR count). The molecule has 2 atom stereocenters. The number of imide groups is 1. The molecule has 1 fully saturated rings. The predicted octanol–water partition coefficient (Wildman–Crippen LogP) is 3.14. The van der Waals surface area contributed by atoms with Crippen LogP contribution in [0.4, 0.5) is 11.4 Å². The van der Waals surface area contributed by atoms with Gasteiger partial charge in [-0.15, -0.1) is 0 Å². The topological polar surface area (TPSA) is 110 Å². The summed E-state index contributed by atoms with van der Waals surface area (Å²) in [5, 5.41) is 2.57. The van der Waals surface area contributed by atoms with Gasteiger partial charge in [-0.25, -0.2) is 4.79 Å². The van der Waals surface area contributed by atoms with Crippen molar-refractivity contribution in [3.8, 4) is 0 Å². The number of nitrogens with zero attached hydrogens (tertiary/aromatic N) is 1. The lowest BCUT2D eigenvalue weighted by Gasteiger charge is -2.15. The number of carbonyl (C=O) groups is 5. The average Bonchev–Trinajstić information content (AvgIpc) is 3.08. The molecule has 0 radical (unpaired) electrons. The van der Waals surface area contributed by atoms with Gasteiger partial charge in [0.15, 0.2) is 12.4 Å². The van der Waals surface area contributed by atoms with Gasteiger partial charge in [0.2, 0.25) is 11.8 Å². The minimum atomic E-state index is -0.717. The highest BCUT2D eigenvalue weighted by atomic mass is 16.5. The molecule has 1 heterocycles. The number of ether oxygens (including phenoxy) is 1. The first kappa shape index (κ1) is 22.1. The third-order valence-corrected chi connectivity index (χ3v) is 5.76. The van der Waals surface area contributed by atoms with Crippen molar-refractivity contribution in [1.82, 2.24) is 0 Å². The van der Waals surface area contributed by atoms with E-state index in [0.717, 1.165) is 0 Å². The fourth-order valence-electron chi connectivity index (χ4n) is 4.03. The third kappa shape index (κ3) is 4.59. The molecule has 1 aliphatic heterocycles. The summed E-state index contributed by atoms with van der Waals surface area (Å²) in [4.78, 5) is 62.4. The molecule has 0 bridgehead atoms. The summed E-state index contributed by atoms with van der Waals surface area (Å²) in [6.45, 7) is 0.915. The maximum atomic E-state index is 12.7. The molecule has 2 aromatic carbocycles. The van der Waals surface area contributed by atoms with E-state index in [9.17, 15) is 24.0 Å². The number of allylic oxidation sites excluding steroid dienone is 2. The van der Waals surface area contributed by atoms with Gasteiger partial charge in [-0.3, -0.25) is 24.1 Å². The fourth-order valence-corrected chi connectivity index (χ4v) is 4.03. The van der Waals surface area contributed by atoms with E-state index < -0.39 is 18.5 Å². The van der Waals surface area contributed by atoms with Crippen molar-refractivity contribution < 1.29 is 28.7 Å². The summed E-state index contributed by atoms with van der Waals surface area (Å²) in [5.41, 5.74) is 1.46. The summed E-state index contributed by atoms with van der Waals surface area (Å²) in [5.74, 6) is -2.51. The van der Waals surface area contributed by atoms with E-state index in [1.807, 2.05) is 12.2 Å². The number of fused-ring (bicyclic) bond motifs is 1. The number of hydrogen-bond donors (Lipinski definition) is 1. The summed E-state index contributed by atoms with van der Waals surface area (Å²) in [6.07, 6.45) is 4.95. The zero-order chi connectivity index (χ0) is 23.5. The monoisotopic (exact) mass is 446 g/mol. The number of ketones is 1. The molecule has 0 saturated carbocycles. The van der Waals surface area contributed by atoms with Crippen LogP contribution in [0.15, 0.2) is 60.7 Å². The van der Waals surface area contributed by atoms with Gasteiger partial charge in [-0.1, -0.05) is 24.3 Å². The van der Waals surface area contributed by atoms with Gasteiger partial charge in [0.25, 0.3) is 5.91 Å². The Kier molecular flexibility index (Phi) is 6.17. The number of anilines is 2. The zero-order valence-corrected chi connectivity index (χ0v) is 17.9. The van der Waals surface area contributed by atoms with Crippen LogP contribution in [0.1, 0.15) is 40.5 Å². The van der Waals surface area contributed by atoms with Crippen LogP contribution in [0.25, 0.3) is 0 Å². The smallest absolute Gasteiger partial charge is 0.338 e. The number of Topliss-reactive ketones (excluding diaryl/α,β-unsaturated/α-hetero) is 1. The Labute approximate surface area is 190 Å². The highest BCUT2D eigenvalue weighted by Gasteiger charge is 2.47. The van der Waals surface area contributed by atoms with Gasteiger partial charge in [-0.05, 0) is 56.2 Å². The number of hydrogen-bond acceptors (Lipinski definition) is 6. The van der Waals surface area contributed by atoms with Gasteiger partial charge < -0.3 is 10.1 Å². The Balaban J connectivity index is 1.35. The van der Waals surface area contributed by atoms with Crippen LogP contribution in [-0.4, -0.2) is 36.1 Å². The Hall–Kier alpha value is -4.07. The molecule has 2 aliphatic rings. The maximum Gasteiger partial charge on any atom is 0.338 e. The van der Waals surface area contributed by atoms with Crippen LogP contribution in [0.3, 0.4) is 0 Å². The van der Waals surface area contributed by atoms with Crippen LogP contribution in [0.2, 0.25) is 0 Å². The van der Waals surface area contributed by atoms with Crippen LogP contribution in [0, 0.1) is 11.8 Å². The highest BCUT2D eigenvalue weighted by molar-refractivity contribution is 6.22. The summed E-state index contributed by atoms with van der Waals surface area (Å²) >= 11 is 0. The molecule has 0 aromatic heterocycles. The molecule has 8 nitrogen and oxygen atoms in total. The first-order chi connectivity index (χ1) is 15.8. The first-order valence-electron chi connectivity index (χ1n) is 10.6. The van der Waals surface area contributed by atoms with Crippen molar-refractivity contribution in [3.05, 3.63) is 71.8 Å². The van der Waals surface area contributed by atoms with Crippen LogP contribution >= 0.6 is 0 Å². The van der Waals surface area contributed by atoms with Crippen molar-refractivity contribution in [2.75, 3.05) is 16.8 Å². The van der Waals surface area contributed by atoms with Crippen molar-refractivity contribution in [3.63, 3.8) is 0 Å². The van der Waals surface area contributed by atoms with E-state index >= 15 is 0 Å². The highest BCUT2D eigenvalue weighted by Crippen LogP contribution is 2.37. The van der Waals surface area contributed by atoms with E-state index in [2.05, 4.69) is 5.32 Å². The molecule has 3 amide bonds. The molecular weight excluding hydrogens is 424 g/mol. The normalized spacial score (nSPS) is 19.2. The molecule has 1 aliphatic carbocycles. The average molecular weight is 446 g/mol. The second kappa shape index (κ2) is 9.20. The summed E-state index contributed by atoms with van der Waals surface area (Å²) < 4.78 is 5.05. The largest absolute Gasteiger partial charge is 0.452 e. The van der Waals surface area contributed by atoms with Gasteiger partial charge in [-0.2, -0.15) is 0 Å². The standard InChI is InChI=1S/C25H22N2O6/c1-15(28)17-5-4-6-18(13-17)26-22(29)14-33-25(32)16-9-11-19(12-10-16)27-23(30)20-7-2-3-8-21(20)24(27)31/h2-6,9-13,20-21H,7-8,14H2,1H3,(H,26,29)/t20-,21-/m1/s1. The lowest BCUT2D eigenvalue weighted by atomic mass is 9.85. The lowest BCUT2D eigenvalue weighted by Crippen LogP contribution is -2.30. The van der Waals surface area contributed by atoms with E-state index in [1.165, 1.54) is 42.2 Å². The molecule has 33 heavy (non-hydrogen) atoms. The van der Waals surface area contributed by atoms with E-state index in [0.29, 0.717) is 29.8 Å². The van der Waals surface area contributed by atoms with Crippen LogP contribution < -0.4 is 10.2 Å². The molecule has 1 N–H and O–H groups in total. The van der Waals surface area contributed by atoms with E-state index in [-0.39, 0.29) is 35.0 Å². The number of amides is 3. The van der Waals surface area contributed by atoms with Gasteiger partial charge in [0.05, 0.1) is 23.1 Å². The van der Waals surface area contributed by atoms with Crippen LogP contribution in [-0.2, 0) is 19.1 Å².